The number of benzene rings is 2. The molecule has 0 atom stereocenters. The van der Waals surface area contributed by atoms with E-state index < -0.39 is 0 Å². The van der Waals surface area contributed by atoms with E-state index in [1.54, 1.807) is 18.2 Å². The van der Waals surface area contributed by atoms with E-state index in [2.05, 4.69) is 5.32 Å². The minimum Gasteiger partial charge on any atom is -0.494 e. The Bertz CT molecular complexity index is 659. The van der Waals surface area contributed by atoms with E-state index in [-0.39, 0.29) is 11.7 Å². The van der Waals surface area contributed by atoms with Gasteiger partial charge in [-0.3, -0.25) is 4.79 Å². The average molecular weight is 336 g/mol. The lowest BCUT2D eigenvalue weighted by Gasteiger charge is -2.08. The first kappa shape index (κ1) is 17.3. The number of amides is 1. The van der Waals surface area contributed by atoms with Crippen LogP contribution in [0.15, 0.2) is 42.5 Å². The van der Waals surface area contributed by atoms with Gasteiger partial charge in [-0.2, -0.15) is 0 Å². The summed E-state index contributed by atoms with van der Waals surface area (Å²) in [6, 6.07) is 11.5. The Balaban J connectivity index is 1.64. The fraction of sp³-hybridized carbons (Fsp3) is 0.278. The van der Waals surface area contributed by atoms with Crippen LogP contribution in [0.3, 0.4) is 0 Å². The molecule has 2 aromatic rings. The van der Waals surface area contributed by atoms with E-state index in [1.807, 2.05) is 19.1 Å². The molecule has 0 heterocycles. The zero-order valence-corrected chi connectivity index (χ0v) is 13.7. The quantitative estimate of drug-likeness (QED) is 0.768. The zero-order valence-electron chi connectivity index (χ0n) is 12.9. The molecule has 0 saturated carbocycles. The van der Waals surface area contributed by atoms with Gasteiger partial charge in [-0.15, -0.1) is 0 Å². The van der Waals surface area contributed by atoms with Crippen molar-refractivity contribution >= 4 is 17.5 Å². The second-order valence-corrected chi connectivity index (χ2v) is 5.67. The first-order valence-corrected chi connectivity index (χ1v) is 7.82. The molecule has 2 aromatic carbocycles. The first-order valence-electron chi connectivity index (χ1n) is 7.44. The highest BCUT2D eigenvalue weighted by Gasteiger charge is 2.03. The van der Waals surface area contributed by atoms with Gasteiger partial charge >= 0.3 is 0 Å². The first-order chi connectivity index (χ1) is 11.0. The number of rotatable bonds is 7. The van der Waals surface area contributed by atoms with Crippen molar-refractivity contribution in [1.29, 1.82) is 0 Å². The van der Waals surface area contributed by atoms with Crippen LogP contribution < -0.4 is 10.1 Å². The van der Waals surface area contributed by atoms with Crippen molar-refractivity contribution in [2.24, 2.45) is 0 Å². The van der Waals surface area contributed by atoms with E-state index in [9.17, 15) is 9.18 Å². The summed E-state index contributed by atoms with van der Waals surface area (Å²) in [4.78, 5) is 11.7. The third-order valence-corrected chi connectivity index (χ3v) is 3.77. The molecular weight excluding hydrogens is 317 g/mol. The number of carbonyl (C=O) groups is 1. The van der Waals surface area contributed by atoms with E-state index in [4.69, 9.17) is 16.3 Å². The van der Waals surface area contributed by atoms with Gasteiger partial charge in [-0.25, -0.2) is 4.39 Å². The molecule has 23 heavy (non-hydrogen) atoms. The maximum absolute atomic E-state index is 12.8. The fourth-order valence-corrected chi connectivity index (χ4v) is 2.14. The third-order valence-electron chi connectivity index (χ3n) is 3.35. The van der Waals surface area contributed by atoms with E-state index in [1.165, 1.54) is 12.1 Å². The summed E-state index contributed by atoms with van der Waals surface area (Å²) in [5, 5.41) is 3.51. The van der Waals surface area contributed by atoms with Crippen molar-refractivity contribution in [1.82, 2.24) is 5.32 Å². The van der Waals surface area contributed by atoms with Crippen molar-refractivity contribution in [3.63, 3.8) is 0 Å². The predicted octanol–water partition coefficient (Wildman–Crippen LogP) is 4.26. The summed E-state index contributed by atoms with van der Waals surface area (Å²) >= 11 is 5.95. The van der Waals surface area contributed by atoms with E-state index in [0.717, 1.165) is 16.9 Å². The number of halogens is 2. The SMILES string of the molecule is Cc1cc(OCCCC(=O)NCc2ccc(F)cc2)ccc1Cl. The van der Waals surface area contributed by atoms with Gasteiger partial charge in [0.05, 0.1) is 6.61 Å². The van der Waals surface area contributed by atoms with Crippen molar-refractivity contribution < 1.29 is 13.9 Å². The molecule has 0 radical (unpaired) electrons. The molecule has 3 nitrogen and oxygen atoms in total. The van der Waals surface area contributed by atoms with E-state index in [0.29, 0.717) is 31.0 Å². The van der Waals surface area contributed by atoms with Crippen molar-refractivity contribution in [3.05, 3.63) is 64.4 Å². The molecule has 2 rings (SSSR count). The molecule has 0 unspecified atom stereocenters. The van der Waals surface area contributed by atoms with Crippen LogP contribution in [0.4, 0.5) is 4.39 Å². The average Bonchev–Trinajstić information content (AvgIpc) is 2.54. The van der Waals surface area contributed by atoms with Gasteiger partial charge < -0.3 is 10.1 Å². The number of ether oxygens (including phenoxy) is 1. The Hall–Kier alpha value is -2.07. The Kier molecular flexibility index (Phi) is 6.41. The summed E-state index contributed by atoms with van der Waals surface area (Å²) in [6.07, 6.45) is 1.00. The topological polar surface area (TPSA) is 38.3 Å². The summed E-state index contributed by atoms with van der Waals surface area (Å²) < 4.78 is 18.4. The molecule has 0 saturated heterocycles. The molecule has 0 spiro atoms. The van der Waals surface area contributed by atoms with Gasteiger partial charge in [-0.1, -0.05) is 23.7 Å². The van der Waals surface area contributed by atoms with Crippen LogP contribution in [0, 0.1) is 12.7 Å². The number of hydrogen-bond donors (Lipinski definition) is 1. The van der Waals surface area contributed by atoms with Crippen LogP contribution in [0.5, 0.6) is 5.75 Å². The van der Waals surface area contributed by atoms with Gasteiger partial charge in [0.1, 0.15) is 11.6 Å². The molecule has 122 valence electrons. The van der Waals surface area contributed by atoms with Gasteiger partial charge in [0.15, 0.2) is 0 Å². The minimum atomic E-state index is -0.283. The Morgan fingerprint density at radius 2 is 1.96 bits per heavy atom. The molecule has 0 aliphatic rings. The second kappa shape index (κ2) is 8.53. The van der Waals surface area contributed by atoms with Crippen LogP contribution in [-0.4, -0.2) is 12.5 Å². The summed E-state index contributed by atoms with van der Waals surface area (Å²) in [7, 11) is 0. The monoisotopic (exact) mass is 335 g/mol. The van der Waals surface area contributed by atoms with Crippen LogP contribution in [0.2, 0.25) is 5.02 Å². The lowest BCUT2D eigenvalue weighted by molar-refractivity contribution is -0.121. The Morgan fingerprint density at radius 3 is 2.65 bits per heavy atom. The summed E-state index contributed by atoms with van der Waals surface area (Å²) in [6.45, 7) is 2.78. The molecule has 0 aromatic heterocycles. The predicted molar refractivity (Wildman–Crippen MR) is 89.2 cm³/mol. The van der Waals surface area contributed by atoms with Gasteiger partial charge in [-0.05, 0) is 54.8 Å². The molecule has 1 amide bonds. The van der Waals surface area contributed by atoms with Crippen molar-refractivity contribution in [3.8, 4) is 5.75 Å². The lowest BCUT2D eigenvalue weighted by Crippen LogP contribution is -2.22. The van der Waals surface area contributed by atoms with Gasteiger partial charge in [0.2, 0.25) is 5.91 Å². The van der Waals surface area contributed by atoms with Crippen LogP contribution in [0.25, 0.3) is 0 Å². The molecule has 5 heteroatoms. The lowest BCUT2D eigenvalue weighted by atomic mass is 10.2. The standard InChI is InChI=1S/C18H19ClFNO2/c1-13-11-16(8-9-17(13)19)23-10-2-3-18(22)21-12-14-4-6-15(20)7-5-14/h4-9,11H,2-3,10,12H2,1H3,(H,21,22). The Morgan fingerprint density at radius 1 is 1.22 bits per heavy atom. The highest BCUT2D eigenvalue weighted by molar-refractivity contribution is 6.31. The number of carbonyl (C=O) groups excluding carboxylic acids is 1. The smallest absolute Gasteiger partial charge is 0.220 e. The molecule has 0 bridgehead atoms. The molecule has 0 aliphatic heterocycles. The number of aryl methyl sites for hydroxylation is 1. The van der Waals surface area contributed by atoms with Crippen LogP contribution in [-0.2, 0) is 11.3 Å². The summed E-state index contributed by atoms with van der Waals surface area (Å²) in [5.41, 5.74) is 1.83. The second-order valence-electron chi connectivity index (χ2n) is 5.27. The minimum absolute atomic E-state index is 0.0507. The number of nitrogens with one attached hydrogen (secondary N) is 1. The largest absolute Gasteiger partial charge is 0.494 e. The number of hydrogen-bond acceptors (Lipinski definition) is 2. The zero-order chi connectivity index (χ0) is 16.7. The molecule has 0 fully saturated rings. The maximum Gasteiger partial charge on any atom is 0.220 e. The Labute approximate surface area is 140 Å². The third kappa shape index (κ3) is 5.91. The van der Waals surface area contributed by atoms with Crippen LogP contribution >= 0.6 is 11.6 Å². The fourth-order valence-electron chi connectivity index (χ4n) is 2.02. The van der Waals surface area contributed by atoms with Gasteiger partial charge in [0.25, 0.3) is 0 Å². The molecular formula is C18H19ClFNO2. The maximum atomic E-state index is 12.8. The van der Waals surface area contributed by atoms with E-state index >= 15 is 0 Å². The highest BCUT2D eigenvalue weighted by atomic mass is 35.5. The summed E-state index contributed by atoms with van der Waals surface area (Å²) in [5.74, 6) is 0.415. The van der Waals surface area contributed by atoms with Crippen molar-refractivity contribution in [2.75, 3.05) is 6.61 Å². The molecule has 0 aliphatic carbocycles. The highest BCUT2D eigenvalue weighted by Crippen LogP contribution is 2.21. The normalized spacial score (nSPS) is 10.4. The van der Waals surface area contributed by atoms with Crippen LogP contribution in [0.1, 0.15) is 24.0 Å². The van der Waals surface area contributed by atoms with Crippen molar-refractivity contribution in [2.45, 2.75) is 26.3 Å². The van der Waals surface area contributed by atoms with Gasteiger partial charge in [0, 0.05) is 18.0 Å². The molecule has 1 N–H and O–H groups in total.